The highest BCUT2D eigenvalue weighted by atomic mass is 16.5. The zero-order valence-electron chi connectivity index (χ0n) is 11.5. The van der Waals surface area contributed by atoms with Gasteiger partial charge in [-0.25, -0.2) is 0 Å². The first kappa shape index (κ1) is 13.1. The molecule has 0 aliphatic rings. The van der Waals surface area contributed by atoms with Crippen molar-refractivity contribution in [1.29, 1.82) is 0 Å². The smallest absolute Gasteiger partial charge is 0.121 e. The number of hydrogen-bond acceptors (Lipinski definition) is 4. The first-order valence-corrected chi connectivity index (χ1v) is 6.08. The van der Waals surface area contributed by atoms with Gasteiger partial charge in [-0.3, -0.25) is 0 Å². The highest BCUT2D eigenvalue weighted by molar-refractivity contribution is 5.75. The summed E-state index contributed by atoms with van der Waals surface area (Å²) in [6.07, 6.45) is 0. The van der Waals surface area contributed by atoms with Gasteiger partial charge in [0.2, 0.25) is 0 Å². The van der Waals surface area contributed by atoms with Crippen molar-refractivity contribution in [2.75, 3.05) is 37.2 Å². The second kappa shape index (κ2) is 5.52. The van der Waals surface area contributed by atoms with Gasteiger partial charge in [0.25, 0.3) is 0 Å². The molecule has 2 aromatic carbocycles. The molecule has 0 atom stereocenters. The second-order valence-corrected chi connectivity index (χ2v) is 4.52. The molecule has 2 aromatic rings. The standard InChI is InChI=1S/C15H19N3O/c1-18(2)12-6-4-5-11(9-12)17-15-8-7-13(19-3)10-14(15)16/h4-10,17H,16H2,1-3H3. The van der Waals surface area contributed by atoms with E-state index in [-0.39, 0.29) is 0 Å². The molecule has 100 valence electrons. The van der Waals surface area contributed by atoms with E-state index in [4.69, 9.17) is 10.5 Å². The highest BCUT2D eigenvalue weighted by Crippen LogP contribution is 2.28. The third-order valence-electron chi connectivity index (χ3n) is 2.90. The van der Waals surface area contributed by atoms with Gasteiger partial charge in [-0.15, -0.1) is 0 Å². The summed E-state index contributed by atoms with van der Waals surface area (Å²) in [7, 11) is 5.66. The Morgan fingerprint density at radius 1 is 1.11 bits per heavy atom. The maximum Gasteiger partial charge on any atom is 0.121 e. The summed E-state index contributed by atoms with van der Waals surface area (Å²) in [5.74, 6) is 0.755. The molecular weight excluding hydrogens is 238 g/mol. The third-order valence-corrected chi connectivity index (χ3v) is 2.90. The minimum atomic E-state index is 0.662. The van der Waals surface area contributed by atoms with Crippen LogP contribution in [0.2, 0.25) is 0 Å². The van der Waals surface area contributed by atoms with E-state index in [1.807, 2.05) is 38.4 Å². The molecule has 19 heavy (non-hydrogen) atoms. The SMILES string of the molecule is COc1ccc(Nc2cccc(N(C)C)c2)c(N)c1. The van der Waals surface area contributed by atoms with Crippen molar-refractivity contribution in [3.05, 3.63) is 42.5 Å². The summed E-state index contributed by atoms with van der Waals surface area (Å²) in [6, 6.07) is 13.8. The molecular formula is C15H19N3O. The summed E-state index contributed by atoms with van der Waals surface area (Å²) >= 11 is 0. The molecule has 4 nitrogen and oxygen atoms in total. The Morgan fingerprint density at radius 3 is 2.53 bits per heavy atom. The molecule has 0 saturated carbocycles. The van der Waals surface area contributed by atoms with Crippen molar-refractivity contribution in [1.82, 2.24) is 0 Å². The van der Waals surface area contributed by atoms with Gasteiger partial charge in [0.15, 0.2) is 0 Å². The summed E-state index contributed by atoms with van der Waals surface area (Å²) in [6.45, 7) is 0. The number of nitrogens with zero attached hydrogens (tertiary/aromatic N) is 1. The fourth-order valence-corrected chi connectivity index (χ4v) is 1.80. The Balaban J connectivity index is 2.23. The molecule has 2 rings (SSSR count). The summed E-state index contributed by atoms with van der Waals surface area (Å²) in [5.41, 5.74) is 9.66. The lowest BCUT2D eigenvalue weighted by molar-refractivity contribution is 0.415. The molecule has 4 heteroatoms. The van der Waals surface area contributed by atoms with E-state index >= 15 is 0 Å². The normalized spacial score (nSPS) is 10.1. The average molecular weight is 257 g/mol. The van der Waals surface area contributed by atoms with Gasteiger partial charge in [0.05, 0.1) is 18.5 Å². The zero-order chi connectivity index (χ0) is 13.8. The summed E-state index contributed by atoms with van der Waals surface area (Å²) < 4.78 is 5.14. The first-order valence-electron chi connectivity index (χ1n) is 6.08. The van der Waals surface area contributed by atoms with Crippen LogP contribution < -0.4 is 20.7 Å². The largest absolute Gasteiger partial charge is 0.497 e. The number of nitrogens with two attached hydrogens (primary N) is 1. The van der Waals surface area contributed by atoms with E-state index in [1.54, 1.807) is 13.2 Å². The monoisotopic (exact) mass is 257 g/mol. The zero-order valence-corrected chi connectivity index (χ0v) is 11.5. The van der Waals surface area contributed by atoms with E-state index in [1.165, 1.54) is 0 Å². The molecule has 0 aromatic heterocycles. The van der Waals surface area contributed by atoms with Gasteiger partial charge in [0.1, 0.15) is 5.75 Å². The number of nitrogens with one attached hydrogen (secondary N) is 1. The van der Waals surface area contributed by atoms with Crippen molar-refractivity contribution in [3.63, 3.8) is 0 Å². The predicted molar refractivity (Wildman–Crippen MR) is 81.5 cm³/mol. The Labute approximate surface area is 113 Å². The maximum absolute atomic E-state index is 5.99. The molecule has 0 amide bonds. The van der Waals surface area contributed by atoms with Gasteiger partial charge >= 0.3 is 0 Å². The van der Waals surface area contributed by atoms with Crippen LogP contribution in [-0.4, -0.2) is 21.2 Å². The van der Waals surface area contributed by atoms with Crippen molar-refractivity contribution in [2.24, 2.45) is 0 Å². The molecule has 0 aliphatic heterocycles. The number of methoxy groups -OCH3 is 1. The quantitative estimate of drug-likeness (QED) is 0.826. The van der Waals surface area contributed by atoms with Crippen LogP contribution in [0.1, 0.15) is 0 Å². The van der Waals surface area contributed by atoms with Crippen LogP contribution in [0.15, 0.2) is 42.5 Å². The van der Waals surface area contributed by atoms with E-state index in [0.717, 1.165) is 22.8 Å². The molecule has 0 heterocycles. The fraction of sp³-hybridized carbons (Fsp3) is 0.200. The Hall–Kier alpha value is -2.36. The molecule has 0 fully saturated rings. The lowest BCUT2D eigenvalue weighted by Gasteiger charge is -2.15. The van der Waals surface area contributed by atoms with Crippen molar-refractivity contribution in [2.45, 2.75) is 0 Å². The number of nitrogen functional groups attached to an aromatic ring is 1. The van der Waals surface area contributed by atoms with E-state index in [0.29, 0.717) is 5.69 Å². The third kappa shape index (κ3) is 3.10. The maximum atomic E-state index is 5.99. The number of hydrogen-bond donors (Lipinski definition) is 2. The minimum absolute atomic E-state index is 0.662. The van der Waals surface area contributed by atoms with Crippen LogP contribution in [0.3, 0.4) is 0 Å². The van der Waals surface area contributed by atoms with Gasteiger partial charge in [-0.05, 0) is 30.3 Å². The molecule has 0 saturated heterocycles. The number of benzene rings is 2. The average Bonchev–Trinajstić information content (AvgIpc) is 2.41. The Kier molecular flexibility index (Phi) is 3.80. The van der Waals surface area contributed by atoms with Crippen molar-refractivity contribution < 1.29 is 4.74 Å². The molecule has 0 radical (unpaired) electrons. The van der Waals surface area contributed by atoms with Crippen molar-refractivity contribution in [3.8, 4) is 5.75 Å². The fourth-order valence-electron chi connectivity index (χ4n) is 1.80. The van der Waals surface area contributed by atoms with Gasteiger partial charge in [-0.1, -0.05) is 6.07 Å². The summed E-state index contributed by atoms with van der Waals surface area (Å²) in [5, 5.41) is 3.31. The van der Waals surface area contributed by atoms with Crippen LogP contribution >= 0.6 is 0 Å². The van der Waals surface area contributed by atoms with Crippen molar-refractivity contribution >= 4 is 22.7 Å². The lowest BCUT2D eigenvalue weighted by Crippen LogP contribution is -2.08. The Bertz CT molecular complexity index is 567. The Morgan fingerprint density at radius 2 is 1.89 bits per heavy atom. The van der Waals surface area contributed by atoms with Crippen LogP contribution in [0, 0.1) is 0 Å². The molecule has 3 N–H and O–H groups in total. The second-order valence-electron chi connectivity index (χ2n) is 4.52. The van der Waals surface area contributed by atoms with Gasteiger partial charge in [0, 0.05) is 31.5 Å². The highest BCUT2D eigenvalue weighted by Gasteiger charge is 2.03. The molecule has 0 spiro atoms. The van der Waals surface area contributed by atoms with Gasteiger partial charge < -0.3 is 20.7 Å². The predicted octanol–water partition coefficient (Wildman–Crippen LogP) is 3.09. The van der Waals surface area contributed by atoms with E-state index < -0.39 is 0 Å². The number of anilines is 4. The molecule has 0 aliphatic carbocycles. The number of ether oxygens (including phenoxy) is 1. The van der Waals surface area contributed by atoms with Gasteiger partial charge in [-0.2, -0.15) is 0 Å². The molecule has 0 bridgehead atoms. The summed E-state index contributed by atoms with van der Waals surface area (Å²) in [4.78, 5) is 2.06. The van der Waals surface area contributed by atoms with Crippen LogP contribution in [0.5, 0.6) is 5.75 Å². The first-order chi connectivity index (χ1) is 9.10. The van der Waals surface area contributed by atoms with E-state index in [2.05, 4.69) is 22.3 Å². The lowest BCUT2D eigenvalue weighted by atomic mass is 10.2. The topological polar surface area (TPSA) is 50.5 Å². The van der Waals surface area contributed by atoms with E-state index in [9.17, 15) is 0 Å². The molecule has 0 unspecified atom stereocenters. The van der Waals surface area contributed by atoms with Crippen LogP contribution in [-0.2, 0) is 0 Å². The van der Waals surface area contributed by atoms with Crippen LogP contribution in [0.4, 0.5) is 22.7 Å². The number of rotatable bonds is 4. The van der Waals surface area contributed by atoms with Crippen LogP contribution in [0.25, 0.3) is 0 Å². The minimum Gasteiger partial charge on any atom is -0.497 e.